The van der Waals surface area contributed by atoms with Gasteiger partial charge in [-0.15, -0.1) is 0 Å². The topological polar surface area (TPSA) is 123 Å². The molecule has 0 atom stereocenters. The number of halogens is 3. The van der Waals surface area contributed by atoms with Gasteiger partial charge in [0, 0.05) is 16.1 Å². The van der Waals surface area contributed by atoms with Crippen LogP contribution in [0.1, 0.15) is 10.4 Å². The van der Waals surface area contributed by atoms with Gasteiger partial charge in [0.1, 0.15) is 22.2 Å². The van der Waals surface area contributed by atoms with E-state index in [1.807, 2.05) is 0 Å². The van der Waals surface area contributed by atoms with E-state index in [1.165, 1.54) is 43.5 Å². The molecule has 0 saturated heterocycles. The molecule has 3 aromatic carbocycles. The van der Waals surface area contributed by atoms with E-state index in [1.54, 1.807) is 12.1 Å². The molecule has 13 heteroatoms. The number of nitrogens with one attached hydrogen (secondary N) is 3. The zero-order valence-corrected chi connectivity index (χ0v) is 21.1. The Morgan fingerprint density at radius 1 is 1.06 bits per heavy atom. The van der Waals surface area contributed by atoms with Gasteiger partial charge >= 0.3 is 0 Å². The normalized spacial score (nSPS) is 10.9. The molecule has 184 valence electrons. The zero-order chi connectivity index (χ0) is 25.6. The lowest BCUT2D eigenvalue weighted by atomic mass is 10.2. The molecule has 2 amide bonds. The van der Waals surface area contributed by atoms with E-state index in [0.717, 1.165) is 12.1 Å². The highest BCUT2D eigenvalue weighted by Crippen LogP contribution is 2.31. The standard InChI is InChI=1S/C22H18BrClFN3O6S/c1-33-19-8-6-14(23)10-18(19)28-35(31,32)20-9-13(5-7-17(20)24)22(30)27-26-21(29)12-34-16-4-2-3-15(25)11-16/h2-11,28H,12H2,1H3,(H,26,29)(H,27,30). The number of hydrogen-bond acceptors (Lipinski definition) is 6. The van der Waals surface area contributed by atoms with Gasteiger partial charge in [-0.1, -0.05) is 33.6 Å². The molecule has 9 nitrogen and oxygen atoms in total. The van der Waals surface area contributed by atoms with Gasteiger partial charge in [-0.05, 0) is 48.5 Å². The SMILES string of the molecule is COc1ccc(Br)cc1NS(=O)(=O)c1cc(C(=O)NNC(=O)COc2cccc(F)c2)ccc1Cl. The number of hydrogen-bond donors (Lipinski definition) is 3. The van der Waals surface area contributed by atoms with Crippen LogP contribution in [0, 0.1) is 5.82 Å². The predicted molar refractivity (Wildman–Crippen MR) is 130 cm³/mol. The number of hydrazine groups is 1. The molecule has 3 rings (SSSR count). The second kappa shape index (κ2) is 11.4. The summed E-state index contributed by atoms with van der Waals surface area (Å²) in [6.07, 6.45) is 0. The number of benzene rings is 3. The number of sulfonamides is 1. The molecule has 0 heterocycles. The van der Waals surface area contributed by atoms with Gasteiger partial charge in [-0.2, -0.15) is 0 Å². The molecule has 0 aliphatic rings. The fourth-order valence-corrected chi connectivity index (χ4v) is 4.70. The highest BCUT2D eigenvalue weighted by atomic mass is 79.9. The molecule has 3 aromatic rings. The smallest absolute Gasteiger partial charge is 0.276 e. The van der Waals surface area contributed by atoms with Gasteiger partial charge < -0.3 is 9.47 Å². The largest absolute Gasteiger partial charge is 0.495 e. The number of carbonyl (C=O) groups excluding carboxylic acids is 2. The minimum absolute atomic E-state index is 0.0951. The Bertz CT molecular complexity index is 1370. The molecule has 3 N–H and O–H groups in total. The summed E-state index contributed by atoms with van der Waals surface area (Å²) in [5, 5.41) is -0.129. The van der Waals surface area contributed by atoms with Gasteiger partial charge in [-0.3, -0.25) is 25.2 Å². The predicted octanol–water partition coefficient (Wildman–Crippen LogP) is 3.89. The van der Waals surface area contributed by atoms with E-state index in [2.05, 4.69) is 31.5 Å². The summed E-state index contributed by atoms with van der Waals surface area (Å²) in [6.45, 7) is -0.498. The van der Waals surface area contributed by atoms with Crippen LogP contribution < -0.4 is 25.0 Å². The number of anilines is 1. The van der Waals surface area contributed by atoms with Crippen LogP contribution in [0.15, 0.2) is 70.0 Å². The minimum atomic E-state index is -4.22. The molecule has 35 heavy (non-hydrogen) atoms. The second-order valence-electron chi connectivity index (χ2n) is 6.84. The Labute approximate surface area is 213 Å². The summed E-state index contributed by atoms with van der Waals surface area (Å²) in [4.78, 5) is 24.0. The van der Waals surface area contributed by atoms with E-state index in [4.69, 9.17) is 21.1 Å². The maximum Gasteiger partial charge on any atom is 0.276 e. The van der Waals surface area contributed by atoms with E-state index in [9.17, 15) is 22.4 Å². The van der Waals surface area contributed by atoms with Crippen LogP contribution in [-0.4, -0.2) is 33.9 Å². The molecular formula is C22H18BrClFN3O6S. The third kappa shape index (κ3) is 7.07. The van der Waals surface area contributed by atoms with Crippen LogP contribution in [0.25, 0.3) is 0 Å². The van der Waals surface area contributed by atoms with Crippen molar-refractivity contribution < 1.29 is 31.9 Å². The van der Waals surface area contributed by atoms with Crippen LogP contribution in [0.4, 0.5) is 10.1 Å². The summed E-state index contributed by atoms with van der Waals surface area (Å²) in [6, 6.07) is 13.5. The van der Waals surface area contributed by atoms with Crippen LogP contribution in [0.2, 0.25) is 5.02 Å². The first kappa shape index (κ1) is 26.3. The molecule has 0 aliphatic carbocycles. The summed E-state index contributed by atoms with van der Waals surface area (Å²) < 4.78 is 52.4. The lowest BCUT2D eigenvalue weighted by molar-refractivity contribution is -0.123. The highest BCUT2D eigenvalue weighted by molar-refractivity contribution is 9.10. The van der Waals surface area contributed by atoms with Crippen molar-refractivity contribution in [3.8, 4) is 11.5 Å². The van der Waals surface area contributed by atoms with Crippen molar-refractivity contribution in [1.82, 2.24) is 10.9 Å². The quantitative estimate of drug-likeness (QED) is 0.344. The van der Waals surface area contributed by atoms with Gasteiger partial charge in [-0.25, -0.2) is 12.8 Å². The fraction of sp³-hybridized carbons (Fsp3) is 0.0909. The Kier molecular flexibility index (Phi) is 8.54. The number of rotatable bonds is 8. The van der Waals surface area contributed by atoms with Crippen LogP contribution >= 0.6 is 27.5 Å². The van der Waals surface area contributed by atoms with Crippen molar-refractivity contribution in [2.24, 2.45) is 0 Å². The molecule has 0 spiro atoms. The highest BCUT2D eigenvalue weighted by Gasteiger charge is 2.22. The first-order valence-corrected chi connectivity index (χ1v) is 12.4. The van der Waals surface area contributed by atoms with Crippen molar-refractivity contribution in [1.29, 1.82) is 0 Å². The Morgan fingerprint density at radius 3 is 2.54 bits per heavy atom. The van der Waals surface area contributed by atoms with E-state index in [-0.39, 0.29) is 32.7 Å². The molecule has 0 saturated carbocycles. The third-order valence-electron chi connectivity index (χ3n) is 4.37. The van der Waals surface area contributed by atoms with Crippen LogP contribution in [-0.2, 0) is 14.8 Å². The maximum atomic E-state index is 13.2. The van der Waals surface area contributed by atoms with Crippen LogP contribution in [0.5, 0.6) is 11.5 Å². The lowest BCUT2D eigenvalue weighted by Crippen LogP contribution is -2.43. The van der Waals surface area contributed by atoms with Gasteiger partial charge in [0.2, 0.25) is 0 Å². The summed E-state index contributed by atoms with van der Waals surface area (Å²) in [5.74, 6) is -1.67. The molecule has 0 bridgehead atoms. The summed E-state index contributed by atoms with van der Waals surface area (Å²) >= 11 is 9.35. The molecule has 0 aliphatic heterocycles. The van der Waals surface area contributed by atoms with E-state index < -0.39 is 34.3 Å². The number of methoxy groups -OCH3 is 1. The Morgan fingerprint density at radius 2 is 1.83 bits per heavy atom. The van der Waals surface area contributed by atoms with Gasteiger partial charge in [0.15, 0.2) is 6.61 Å². The second-order valence-corrected chi connectivity index (χ2v) is 9.82. The minimum Gasteiger partial charge on any atom is -0.495 e. The molecular weight excluding hydrogens is 569 g/mol. The number of amides is 2. The zero-order valence-electron chi connectivity index (χ0n) is 18.0. The summed E-state index contributed by atoms with van der Waals surface area (Å²) in [7, 11) is -2.84. The maximum absolute atomic E-state index is 13.2. The van der Waals surface area contributed by atoms with Crippen LogP contribution in [0.3, 0.4) is 0 Å². The molecule has 0 radical (unpaired) electrons. The van der Waals surface area contributed by atoms with Crippen molar-refractivity contribution in [3.63, 3.8) is 0 Å². The monoisotopic (exact) mass is 585 g/mol. The number of carbonyl (C=O) groups is 2. The molecule has 0 fully saturated rings. The average molecular weight is 587 g/mol. The van der Waals surface area contributed by atoms with E-state index in [0.29, 0.717) is 4.47 Å². The first-order valence-electron chi connectivity index (χ1n) is 9.72. The molecule has 0 unspecified atom stereocenters. The van der Waals surface area contributed by atoms with Gasteiger partial charge in [0.05, 0.1) is 17.8 Å². The van der Waals surface area contributed by atoms with Gasteiger partial charge in [0.25, 0.3) is 21.8 Å². The van der Waals surface area contributed by atoms with Crippen molar-refractivity contribution >= 4 is 55.1 Å². The van der Waals surface area contributed by atoms with E-state index >= 15 is 0 Å². The number of ether oxygens (including phenoxy) is 2. The fourth-order valence-electron chi connectivity index (χ4n) is 2.75. The average Bonchev–Trinajstić information content (AvgIpc) is 2.81. The van der Waals surface area contributed by atoms with Crippen molar-refractivity contribution in [3.05, 3.63) is 81.5 Å². The lowest BCUT2D eigenvalue weighted by Gasteiger charge is -2.14. The molecule has 0 aromatic heterocycles. The Balaban J connectivity index is 1.68. The third-order valence-corrected chi connectivity index (χ3v) is 6.71. The van der Waals surface area contributed by atoms with Crippen molar-refractivity contribution in [2.75, 3.05) is 18.4 Å². The van der Waals surface area contributed by atoms with Crippen molar-refractivity contribution in [2.45, 2.75) is 4.90 Å². The first-order chi connectivity index (χ1) is 16.6. The Hall–Kier alpha value is -3.35. The summed E-state index contributed by atoms with van der Waals surface area (Å²) in [5.41, 5.74) is 4.32.